The second-order valence-electron chi connectivity index (χ2n) is 8.34. The molecule has 8 heteroatoms. The number of primary amides is 1. The average Bonchev–Trinajstić information content (AvgIpc) is 3.22. The SMILES string of the molecule is NC(=O)c1cnnn1CCN1CCC(=C2c3ccc(Cl)cc3CCc3cccnc32)CC1. The van der Waals surface area contributed by atoms with E-state index in [2.05, 4.69) is 33.4 Å². The van der Waals surface area contributed by atoms with Gasteiger partial charge in [-0.15, -0.1) is 5.10 Å². The molecule has 1 aliphatic heterocycles. The zero-order chi connectivity index (χ0) is 22.1. The second kappa shape index (κ2) is 8.84. The zero-order valence-electron chi connectivity index (χ0n) is 17.8. The number of amides is 1. The Bertz CT molecular complexity index is 1190. The number of carbonyl (C=O) groups excluding carboxylic acids is 1. The first-order valence-electron chi connectivity index (χ1n) is 11.0. The van der Waals surface area contributed by atoms with Gasteiger partial charge >= 0.3 is 0 Å². The summed E-state index contributed by atoms with van der Waals surface area (Å²) in [6.07, 6.45) is 7.21. The molecule has 32 heavy (non-hydrogen) atoms. The summed E-state index contributed by atoms with van der Waals surface area (Å²) in [5.41, 5.74) is 13.5. The standard InChI is InChI=1S/C24H25ClN6O/c25-19-5-6-20-18(14-19)4-3-17-2-1-9-27-23(17)22(20)16-7-10-30(11-8-16)12-13-31-21(24(26)32)15-28-29-31/h1-2,5-6,9,14-15H,3-4,7-8,10-13H2,(H2,26,32). The predicted octanol–water partition coefficient (Wildman–Crippen LogP) is 3.12. The van der Waals surface area contributed by atoms with Crippen LogP contribution in [-0.4, -0.2) is 50.4 Å². The van der Waals surface area contributed by atoms with Crippen molar-refractivity contribution < 1.29 is 4.79 Å². The maximum absolute atomic E-state index is 11.5. The monoisotopic (exact) mass is 448 g/mol. The zero-order valence-corrected chi connectivity index (χ0v) is 18.6. The molecule has 2 N–H and O–H groups in total. The first kappa shape index (κ1) is 20.8. The predicted molar refractivity (Wildman–Crippen MR) is 123 cm³/mol. The molecule has 2 aromatic heterocycles. The topological polar surface area (TPSA) is 89.9 Å². The van der Waals surface area contributed by atoms with Crippen LogP contribution in [0.1, 0.15) is 45.7 Å². The number of nitrogens with two attached hydrogens (primary N) is 1. The molecule has 3 aromatic rings. The third kappa shape index (κ3) is 4.06. The molecule has 1 saturated heterocycles. The van der Waals surface area contributed by atoms with Gasteiger partial charge in [0.1, 0.15) is 5.69 Å². The number of piperidine rings is 1. The van der Waals surface area contributed by atoms with Crippen LogP contribution in [0.4, 0.5) is 0 Å². The van der Waals surface area contributed by atoms with Gasteiger partial charge in [-0.05, 0) is 60.6 Å². The van der Waals surface area contributed by atoms with E-state index in [-0.39, 0.29) is 0 Å². The summed E-state index contributed by atoms with van der Waals surface area (Å²) in [6, 6.07) is 10.5. The molecule has 0 atom stereocenters. The van der Waals surface area contributed by atoms with E-state index in [0.29, 0.717) is 12.2 Å². The highest BCUT2D eigenvalue weighted by molar-refractivity contribution is 6.30. The van der Waals surface area contributed by atoms with Crippen molar-refractivity contribution in [2.75, 3.05) is 19.6 Å². The molecule has 0 bridgehead atoms. The normalized spacial score (nSPS) is 16.4. The third-order valence-corrected chi connectivity index (χ3v) is 6.67. The second-order valence-corrected chi connectivity index (χ2v) is 8.78. The van der Waals surface area contributed by atoms with Crippen LogP contribution < -0.4 is 5.73 Å². The van der Waals surface area contributed by atoms with Crippen LogP contribution in [0.2, 0.25) is 5.02 Å². The molecule has 0 spiro atoms. The Labute approximate surface area is 191 Å². The van der Waals surface area contributed by atoms with Crippen molar-refractivity contribution in [3.05, 3.63) is 81.4 Å². The Hall–Kier alpha value is -3.03. The van der Waals surface area contributed by atoms with E-state index in [4.69, 9.17) is 22.3 Å². The molecule has 1 aromatic carbocycles. The van der Waals surface area contributed by atoms with Crippen LogP contribution in [0.5, 0.6) is 0 Å². The van der Waals surface area contributed by atoms with Gasteiger partial charge in [-0.1, -0.05) is 34.5 Å². The molecule has 3 heterocycles. The number of aromatic nitrogens is 4. The summed E-state index contributed by atoms with van der Waals surface area (Å²) in [5, 5.41) is 8.58. The van der Waals surface area contributed by atoms with Crippen molar-refractivity contribution in [3.63, 3.8) is 0 Å². The van der Waals surface area contributed by atoms with Crippen LogP contribution in [0, 0.1) is 0 Å². The van der Waals surface area contributed by atoms with E-state index in [1.807, 2.05) is 18.3 Å². The lowest BCUT2D eigenvalue weighted by Gasteiger charge is -2.30. The van der Waals surface area contributed by atoms with Gasteiger partial charge < -0.3 is 10.6 Å². The molecule has 0 saturated carbocycles. The van der Waals surface area contributed by atoms with Crippen LogP contribution in [-0.2, 0) is 19.4 Å². The number of likely N-dealkylation sites (tertiary alicyclic amines) is 1. The van der Waals surface area contributed by atoms with Crippen molar-refractivity contribution in [2.45, 2.75) is 32.2 Å². The van der Waals surface area contributed by atoms with Crippen molar-refractivity contribution in [2.24, 2.45) is 5.73 Å². The van der Waals surface area contributed by atoms with E-state index < -0.39 is 5.91 Å². The highest BCUT2D eigenvalue weighted by Crippen LogP contribution is 2.38. The Morgan fingerprint density at radius 2 is 1.88 bits per heavy atom. The van der Waals surface area contributed by atoms with Gasteiger partial charge in [0.15, 0.2) is 0 Å². The Balaban J connectivity index is 1.39. The minimum atomic E-state index is -0.501. The van der Waals surface area contributed by atoms with Gasteiger partial charge in [0.05, 0.1) is 18.4 Å². The maximum atomic E-state index is 11.5. The van der Waals surface area contributed by atoms with Crippen molar-refractivity contribution >= 4 is 23.1 Å². The number of halogens is 1. The molecule has 1 aliphatic carbocycles. The number of benzene rings is 1. The van der Waals surface area contributed by atoms with Crippen molar-refractivity contribution in [3.8, 4) is 0 Å². The lowest BCUT2D eigenvalue weighted by molar-refractivity contribution is 0.0988. The number of nitrogens with zero attached hydrogens (tertiary/aromatic N) is 5. The first-order chi connectivity index (χ1) is 15.6. The molecule has 5 rings (SSSR count). The number of aryl methyl sites for hydroxylation is 2. The van der Waals surface area contributed by atoms with Gasteiger partial charge in [0.25, 0.3) is 5.91 Å². The number of carbonyl (C=O) groups is 1. The van der Waals surface area contributed by atoms with Gasteiger partial charge in [-0.2, -0.15) is 0 Å². The van der Waals surface area contributed by atoms with Crippen molar-refractivity contribution in [1.29, 1.82) is 0 Å². The molecule has 7 nitrogen and oxygen atoms in total. The Kier molecular flexibility index (Phi) is 5.76. The molecule has 0 radical (unpaired) electrons. The van der Waals surface area contributed by atoms with Crippen LogP contribution in [0.25, 0.3) is 5.57 Å². The summed E-state index contributed by atoms with van der Waals surface area (Å²) in [4.78, 5) is 18.7. The third-order valence-electron chi connectivity index (χ3n) is 6.44. The lowest BCUT2D eigenvalue weighted by Crippen LogP contribution is -2.34. The quantitative estimate of drug-likeness (QED) is 0.662. The van der Waals surface area contributed by atoms with Gasteiger partial charge in [-0.3, -0.25) is 9.78 Å². The fourth-order valence-corrected chi connectivity index (χ4v) is 4.97. The largest absolute Gasteiger partial charge is 0.364 e. The molecular formula is C24H25ClN6O. The van der Waals surface area contributed by atoms with Gasteiger partial charge in [0.2, 0.25) is 0 Å². The van der Waals surface area contributed by atoms with Crippen LogP contribution in [0.15, 0.2) is 48.3 Å². The minimum Gasteiger partial charge on any atom is -0.364 e. The number of fused-ring (bicyclic) bond motifs is 2. The van der Waals surface area contributed by atoms with E-state index in [1.165, 1.54) is 34.0 Å². The van der Waals surface area contributed by atoms with Crippen LogP contribution in [0.3, 0.4) is 0 Å². The molecule has 1 amide bonds. The molecular weight excluding hydrogens is 424 g/mol. The summed E-state index contributed by atoms with van der Waals surface area (Å²) in [7, 11) is 0. The average molecular weight is 449 g/mol. The smallest absolute Gasteiger partial charge is 0.268 e. The maximum Gasteiger partial charge on any atom is 0.268 e. The molecule has 1 fully saturated rings. The Morgan fingerprint density at radius 1 is 1.06 bits per heavy atom. The lowest BCUT2D eigenvalue weighted by atomic mass is 9.88. The highest BCUT2D eigenvalue weighted by Gasteiger charge is 2.25. The van der Waals surface area contributed by atoms with Gasteiger partial charge in [0, 0.05) is 36.4 Å². The van der Waals surface area contributed by atoms with E-state index in [0.717, 1.165) is 56.0 Å². The number of pyridine rings is 1. The van der Waals surface area contributed by atoms with E-state index in [9.17, 15) is 4.79 Å². The summed E-state index contributed by atoms with van der Waals surface area (Å²) < 4.78 is 1.59. The van der Waals surface area contributed by atoms with Crippen molar-refractivity contribution in [1.82, 2.24) is 24.9 Å². The highest BCUT2D eigenvalue weighted by atomic mass is 35.5. The molecule has 164 valence electrons. The summed E-state index contributed by atoms with van der Waals surface area (Å²) in [6.45, 7) is 3.29. The van der Waals surface area contributed by atoms with Gasteiger partial charge in [-0.25, -0.2) is 4.68 Å². The van der Waals surface area contributed by atoms with Crippen LogP contribution >= 0.6 is 11.6 Å². The number of rotatable bonds is 4. The summed E-state index contributed by atoms with van der Waals surface area (Å²) >= 11 is 6.32. The Morgan fingerprint density at radius 3 is 2.69 bits per heavy atom. The number of hydrogen-bond donors (Lipinski definition) is 1. The summed E-state index contributed by atoms with van der Waals surface area (Å²) in [5.74, 6) is -0.501. The number of hydrogen-bond acceptors (Lipinski definition) is 5. The molecule has 2 aliphatic rings. The minimum absolute atomic E-state index is 0.348. The fraction of sp³-hybridized carbons (Fsp3) is 0.333. The van der Waals surface area contributed by atoms with E-state index in [1.54, 1.807) is 4.68 Å². The first-order valence-corrected chi connectivity index (χ1v) is 11.3. The molecule has 0 unspecified atom stereocenters. The fourth-order valence-electron chi connectivity index (χ4n) is 4.78. The van der Waals surface area contributed by atoms with E-state index >= 15 is 0 Å².